The molecule has 118 valence electrons. The first-order valence-electron chi connectivity index (χ1n) is 7.69. The van der Waals surface area contributed by atoms with E-state index in [0.717, 1.165) is 42.3 Å². The quantitative estimate of drug-likeness (QED) is 0.679. The van der Waals surface area contributed by atoms with Crippen LogP contribution >= 0.6 is 23.6 Å². The van der Waals surface area contributed by atoms with E-state index in [1.165, 1.54) is 10.4 Å². The number of thiophene rings is 1. The fourth-order valence-electron chi connectivity index (χ4n) is 3.04. The predicted octanol–water partition coefficient (Wildman–Crippen LogP) is 3.70. The maximum absolute atomic E-state index is 5.58. The lowest BCUT2D eigenvalue weighted by Gasteiger charge is -2.26. The van der Waals surface area contributed by atoms with Crippen molar-refractivity contribution < 1.29 is 0 Å². The van der Waals surface area contributed by atoms with Crippen LogP contribution in [0.5, 0.6) is 0 Å². The summed E-state index contributed by atoms with van der Waals surface area (Å²) in [4.78, 5) is 3.93. The van der Waals surface area contributed by atoms with E-state index < -0.39 is 0 Å². The van der Waals surface area contributed by atoms with Crippen molar-refractivity contribution in [3.05, 3.63) is 57.0 Å². The highest BCUT2D eigenvalue weighted by molar-refractivity contribution is 7.71. The number of hydrogen-bond donors (Lipinski definition) is 0. The van der Waals surface area contributed by atoms with E-state index in [-0.39, 0.29) is 0 Å². The van der Waals surface area contributed by atoms with E-state index in [4.69, 9.17) is 17.3 Å². The summed E-state index contributed by atoms with van der Waals surface area (Å²) in [6.45, 7) is 2.79. The van der Waals surface area contributed by atoms with E-state index in [9.17, 15) is 0 Å². The van der Waals surface area contributed by atoms with E-state index >= 15 is 0 Å². The SMILES string of the molecule is Cn1c(-c2ccccc2)nn(CN2CCc3sccc3C2)c1=S. The van der Waals surface area contributed by atoms with Gasteiger partial charge in [0.15, 0.2) is 10.6 Å². The van der Waals surface area contributed by atoms with Crippen molar-refractivity contribution in [2.45, 2.75) is 19.6 Å². The summed E-state index contributed by atoms with van der Waals surface area (Å²) < 4.78 is 4.69. The Labute approximate surface area is 144 Å². The topological polar surface area (TPSA) is 26.0 Å². The Bertz CT molecular complexity index is 876. The minimum Gasteiger partial charge on any atom is -0.303 e. The minimum absolute atomic E-state index is 0.745. The summed E-state index contributed by atoms with van der Waals surface area (Å²) in [5.74, 6) is 0.920. The molecule has 0 saturated heterocycles. The minimum atomic E-state index is 0.745. The van der Waals surface area contributed by atoms with Gasteiger partial charge >= 0.3 is 0 Å². The number of rotatable bonds is 3. The van der Waals surface area contributed by atoms with Crippen molar-refractivity contribution in [3.8, 4) is 11.4 Å². The molecule has 1 aromatic carbocycles. The smallest absolute Gasteiger partial charge is 0.199 e. The molecule has 23 heavy (non-hydrogen) atoms. The van der Waals surface area contributed by atoms with Crippen molar-refractivity contribution >= 4 is 23.6 Å². The van der Waals surface area contributed by atoms with Crippen molar-refractivity contribution in [1.82, 2.24) is 19.2 Å². The molecule has 0 radical (unpaired) electrons. The summed E-state index contributed by atoms with van der Waals surface area (Å²) in [6, 6.07) is 12.4. The van der Waals surface area contributed by atoms with E-state index in [0.29, 0.717) is 0 Å². The fourth-order valence-corrected chi connectivity index (χ4v) is 4.11. The van der Waals surface area contributed by atoms with Gasteiger partial charge in [-0.05, 0) is 35.6 Å². The average molecular weight is 342 g/mol. The molecule has 0 fully saturated rings. The monoisotopic (exact) mass is 342 g/mol. The van der Waals surface area contributed by atoms with Gasteiger partial charge in [-0.1, -0.05) is 30.3 Å². The number of fused-ring (bicyclic) bond motifs is 1. The first-order chi connectivity index (χ1) is 11.2. The number of hydrogen-bond acceptors (Lipinski definition) is 4. The number of benzene rings is 1. The van der Waals surface area contributed by atoms with Crippen LogP contribution < -0.4 is 0 Å². The van der Waals surface area contributed by atoms with Gasteiger partial charge in [0.25, 0.3) is 0 Å². The third-order valence-electron chi connectivity index (χ3n) is 4.29. The van der Waals surface area contributed by atoms with Crippen LogP contribution in [-0.4, -0.2) is 25.8 Å². The number of aromatic nitrogens is 3. The highest BCUT2D eigenvalue weighted by Gasteiger charge is 2.19. The van der Waals surface area contributed by atoms with Crippen LogP contribution in [0.15, 0.2) is 41.8 Å². The van der Waals surface area contributed by atoms with Gasteiger partial charge in [-0.25, -0.2) is 4.68 Å². The molecule has 0 N–H and O–H groups in total. The van der Waals surface area contributed by atoms with Crippen LogP contribution in [0.1, 0.15) is 10.4 Å². The predicted molar refractivity (Wildman–Crippen MR) is 95.9 cm³/mol. The molecule has 4 rings (SSSR count). The van der Waals surface area contributed by atoms with Crippen LogP contribution in [0.25, 0.3) is 11.4 Å². The molecule has 0 bridgehead atoms. The molecular weight excluding hydrogens is 324 g/mol. The van der Waals surface area contributed by atoms with Crippen LogP contribution in [0, 0.1) is 4.77 Å². The van der Waals surface area contributed by atoms with Crippen molar-refractivity contribution in [2.75, 3.05) is 6.54 Å². The molecule has 6 heteroatoms. The first kappa shape index (κ1) is 14.8. The van der Waals surface area contributed by atoms with Crippen molar-refractivity contribution in [1.29, 1.82) is 0 Å². The summed E-state index contributed by atoms with van der Waals surface area (Å²) in [6.07, 6.45) is 1.12. The molecule has 3 aromatic rings. The van der Waals surface area contributed by atoms with Gasteiger partial charge in [-0.3, -0.25) is 4.90 Å². The van der Waals surface area contributed by atoms with Gasteiger partial charge in [-0.2, -0.15) is 5.10 Å². The second-order valence-corrected chi connectivity index (χ2v) is 7.21. The average Bonchev–Trinajstić information content (AvgIpc) is 3.15. The second-order valence-electron chi connectivity index (χ2n) is 5.84. The maximum atomic E-state index is 5.58. The highest BCUT2D eigenvalue weighted by Crippen LogP contribution is 2.24. The third-order valence-corrected chi connectivity index (χ3v) is 5.80. The first-order valence-corrected chi connectivity index (χ1v) is 8.98. The van der Waals surface area contributed by atoms with Gasteiger partial charge in [0, 0.05) is 30.6 Å². The second kappa shape index (κ2) is 6.03. The Morgan fingerprint density at radius 2 is 2.04 bits per heavy atom. The molecule has 4 nitrogen and oxygen atoms in total. The zero-order valence-corrected chi connectivity index (χ0v) is 14.6. The van der Waals surface area contributed by atoms with E-state index in [2.05, 4.69) is 28.5 Å². The van der Waals surface area contributed by atoms with Crippen molar-refractivity contribution in [2.24, 2.45) is 7.05 Å². The van der Waals surface area contributed by atoms with Crippen molar-refractivity contribution in [3.63, 3.8) is 0 Å². The summed E-state index contributed by atoms with van der Waals surface area (Å²) in [7, 11) is 1.99. The molecule has 1 aliphatic rings. The van der Waals surface area contributed by atoms with Gasteiger partial charge in [0.2, 0.25) is 0 Å². The highest BCUT2D eigenvalue weighted by atomic mass is 32.1. The van der Waals surface area contributed by atoms with Crippen LogP contribution in [0.3, 0.4) is 0 Å². The van der Waals surface area contributed by atoms with Gasteiger partial charge in [0.1, 0.15) is 0 Å². The van der Waals surface area contributed by atoms with Crippen LogP contribution in [-0.2, 0) is 26.7 Å². The van der Waals surface area contributed by atoms with Crippen LogP contribution in [0.2, 0.25) is 0 Å². The zero-order chi connectivity index (χ0) is 15.8. The summed E-state index contributed by atoms with van der Waals surface area (Å²) in [5.41, 5.74) is 2.55. The molecule has 3 heterocycles. The molecular formula is C17H18N4S2. The van der Waals surface area contributed by atoms with Gasteiger partial charge < -0.3 is 4.57 Å². The molecule has 0 atom stereocenters. The Morgan fingerprint density at radius 1 is 1.22 bits per heavy atom. The Kier molecular flexibility index (Phi) is 3.88. The fraction of sp³-hybridized carbons (Fsp3) is 0.294. The largest absolute Gasteiger partial charge is 0.303 e. The molecule has 1 aliphatic heterocycles. The lowest BCUT2D eigenvalue weighted by Crippen LogP contribution is -2.32. The Hall–Kier alpha value is -1.76. The lowest BCUT2D eigenvalue weighted by molar-refractivity contribution is 0.189. The number of nitrogens with zero attached hydrogens (tertiary/aromatic N) is 4. The molecule has 0 saturated carbocycles. The third kappa shape index (κ3) is 2.78. The van der Waals surface area contributed by atoms with Gasteiger partial charge in [0.05, 0.1) is 6.67 Å². The molecule has 0 amide bonds. The van der Waals surface area contributed by atoms with E-state index in [1.54, 1.807) is 0 Å². The molecule has 0 unspecified atom stereocenters. The summed E-state index contributed by atoms with van der Waals surface area (Å²) >= 11 is 7.45. The normalized spacial score (nSPS) is 14.8. The Morgan fingerprint density at radius 3 is 2.87 bits per heavy atom. The van der Waals surface area contributed by atoms with Gasteiger partial charge in [-0.15, -0.1) is 11.3 Å². The molecule has 0 spiro atoms. The standard InChI is InChI=1S/C17H18N4S2/c1-19-16(13-5-3-2-4-6-13)18-21(17(19)22)12-20-9-7-15-14(11-20)8-10-23-15/h2-6,8,10H,7,9,11-12H2,1H3. The van der Waals surface area contributed by atoms with E-state index in [1.807, 2.05) is 45.8 Å². The lowest BCUT2D eigenvalue weighted by atomic mass is 10.1. The molecule has 2 aromatic heterocycles. The summed E-state index contributed by atoms with van der Waals surface area (Å²) in [5, 5.41) is 6.94. The zero-order valence-electron chi connectivity index (χ0n) is 13.0. The van der Waals surface area contributed by atoms with Crippen LogP contribution in [0.4, 0.5) is 0 Å². The maximum Gasteiger partial charge on any atom is 0.199 e. The Balaban J connectivity index is 1.60. The molecule has 0 aliphatic carbocycles.